The van der Waals surface area contributed by atoms with Crippen molar-refractivity contribution in [3.63, 3.8) is 0 Å². The lowest BCUT2D eigenvalue weighted by atomic mass is 10.1. The molecule has 1 fully saturated rings. The molecule has 2 rings (SSSR count). The Balaban J connectivity index is 2.33. The molecule has 118 valence electrons. The number of anilines is 1. The van der Waals surface area contributed by atoms with Gasteiger partial charge in [0.15, 0.2) is 6.23 Å². The van der Waals surface area contributed by atoms with Crippen LogP contribution < -0.4 is 11.4 Å². The van der Waals surface area contributed by atoms with E-state index in [1.54, 1.807) is 0 Å². The summed E-state index contributed by atoms with van der Waals surface area (Å²) in [6, 6.07) is 1.32. The van der Waals surface area contributed by atoms with Crippen LogP contribution in [0.1, 0.15) is 6.23 Å². The minimum absolute atomic E-state index is 0.00798. The lowest BCUT2D eigenvalue weighted by molar-refractivity contribution is -0.0542. The van der Waals surface area contributed by atoms with Gasteiger partial charge in [0.05, 0.1) is 12.9 Å². The van der Waals surface area contributed by atoms with E-state index in [-0.39, 0.29) is 5.82 Å². The van der Waals surface area contributed by atoms with Gasteiger partial charge in [0.2, 0.25) is 0 Å². The van der Waals surface area contributed by atoms with Crippen molar-refractivity contribution in [1.82, 2.24) is 9.55 Å². The molecule has 10 nitrogen and oxygen atoms in total. The third kappa shape index (κ3) is 3.39. The molecule has 0 saturated carbocycles. The van der Waals surface area contributed by atoms with Crippen LogP contribution in [0.4, 0.5) is 5.82 Å². The summed E-state index contributed by atoms with van der Waals surface area (Å²) in [6.07, 6.45) is -3.12. The predicted molar refractivity (Wildman–Crippen MR) is 69.6 cm³/mol. The first-order valence-corrected chi connectivity index (χ1v) is 7.72. The molecule has 0 aliphatic carbocycles. The molecule has 4 atom stereocenters. The number of aromatic nitrogens is 2. The molecule has 1 aliphatic heterocycles. The van der Waals surface area contributed by atoms with Crippen LogP contribution in [-0.4, -0.2) is 59.4 Å². The number of ether oxygens (including phenoxy) is 1. The van der Waals surface area contributed by atoms with Gasteiger partial charge in [0.1, 0.15) is 24.1 Å². The molecule has 1 aromatic rings. The number of nitrogens with zero attached hydrogens (tertiary/aromatic N) is 2. The second-order valence-corrected chi connectivity index (χ2v) is 6.15. The van der Waals surface area contributed by atoms with Crippen LogP contribution in [0.25, 0.3) is 0 Å². The Morgan fingerprint density at radius 1 is 1.57 bits per heavy atom. The number of hydrogen-bond acceptors (Lipinski definition) is 9. The highest BCUT2D eigenvalue weighted by Crippen LogP contribution is 2.31. The van der Waals surface area contributed by atoms with Gasteiger partial charge in [0.25, 0.3) is 10.1 Å². The number of aliphatic hydroxyl groups is 2. The van der Waals surface area contributed by atoms with E-state index in [1.807, 2.05) is 0 Å². The van der Waals surface area contributed by atoms with Gasteiger partial charge < -0.3 is 20.7 Å². The van der Waals surface area contributed by atoms with Gasteiger partial charge in [-0.2, -0.15) is 13.4 Å². The summed E-state index contributed by atoms with van der Waals surface area (Å²) in [4.78, 5) is 15.2. The van der Waals surface area contributed by atoms with Crippen molar-refractivity contribution in [3.8, 4) is 0 Å². The third-order valence-corrected chi connectivity index (χ3v) is 3.47. The molecule has 1 aromatic heterocycles. The number of nitrogen functional groups attached to an aromatic ring is 1. The van der Waals surface area contributed by atoms with Crippen LogP contribution in [-0.2, 0) is 19.0 Å². The van der Waals surface area contributed by atoms with Crippen LogP contribution in [0.2, 0.25) is 0 Å². The van der Waals surface area contributed by atoms with Crippen molar-refractivity contribution < 1.29 is 27.6 Å². The summed E-state index contributed by atoms with van der Waals surface area (Å²) in [5.41, 5.74) is 4.57. The Morgan fingerprint density at radius 2 is 2.24 bits per heavy atom. The molecule has 2 heterocycles. The van der Waals surface area contributed by atoms with Crippen molar-refractivity contribution in [2.45, 2.75) is 24.5 Å². The lowest BCUT2D eigenvalue weighted by Crippen LogP contribution is -2.39. The van der Waals surface area contributed by atoms with Crippen LogP contribution in [0, 0.1) is 0 Å². The topological polar surface area (TPSA) is 154 Å². The van der Waals surface area contributed by atoms with Gasteiger partial charge in [-0.25, -0.2) is 4.79 Å². The number of aliphatic hydroxyl groups excluding tert-OH is 2. The van der Waals surface area contributed by atoms with Gasteiger partial charge in [0, 0.05) is 6.20 Å². The molecule has 1 aliphatic rings. The molecule has 21 heavy (non-hydrogen) atoms. The maximum absolute atomic E-state index is 11.7. The monoisotopic (exact) mass is 321 g/mol. The predicted octanol–water partition coefficient (Wildman–Crippen LogP) is -2.58. The average Bonchev–Trinajstić information content (AvgIpc) is 2.65. The summed E-state index contributed by atoms with van der Waals surface area (Å²) in [6.45, 7) is -0.592. The average molecular weight is 321 g/mol. The third-order valence-electron chi connectivity index (χ3n) is 2.90. The second-order valence-electron chi connectivity index (χ2n) is 4.55. The first-order valence-electron chi connectivity index (χ1n) is 5.90. The molecule has 0 bridgehead atoms. The zero-order valence-corrected chi connectivity index (χ0v) is 11.8. The lowest BCUT2D eigenvalue weighted by Gasteiger charge is -2.18. The molecular formula is C10H15N3O7S. The van der Waals surface area contributed by atoms with E-state index in [1.165, 1.54) is 12.3 Å². The van der Waals surface area contributed by atoms with Crippen LogP contribution in [0.15, 0.2) is 17.1 Å². The van der Waals surface area contributed by atoms with Gasteiger partial charge in [-0.15, -0.1) is 0 Å². The summed E-state index contributed by atoms with van der Waals surface area (Å²) in [5.74, 6) is -0.00798. The minimum Gasteiger partial charge on any atom is -0.394 e. The van der Waals surface area contributed by atoms with Crippen molar-refractivity contribution in [2.24, 2.45) is 0 Å². The van der Waals surface area contributed by atoms with E-state index in [0.29, 0.717) is 0 Å². The zero-order valence-electron chi connectivity index (χ0n) is 11.0. The second kappa shape index (κ2) is 5.69. The van der Waals surface area contributed by atoms with E-state index >= 15 is 0 Å². The molecule has 1 saturated heterocycles. The Labute approximate surface area is 119 Å². The first-order chi connectivity index (χ1) is 9.73. The van der Waals surface area contributed by atoms with Gasteiger partial charge in [-0.1, -0.05) is 0 Å². The summed E-state index contributed by atoms with van der Waals surface area (Å²) < 4.78 is 33.3. The van der Waals surface area contributed by atoms with E-state index in [0.717, 1.165) is 10.8 Å². The minimum atomic E-state index is -3.88. The van der Waals surface area contributed by atoms with Crippen LogP contribution in [0.5, 0.6) is 0 Å². The van der Waals surface area contributed by atoms with Crippen molar-refractivity contribution >= 4 is 15.9 Å². The van der Waals surface area contributed by atoms with Crippen molar-refractivity contribution in [3.05, 3.63) is 22.7 Å². The maximum atomic E-state index is 11.7. The molecule has 11 heteroatoms. The maximum Gasteiger partial charge on any atom is 0.351 e. The number of rotatable bonds is 4. The fraction of sp³-hybridized carbons (Fsp3) is 0.600. The van der Waals surface area contributed by atoms with E-state index in [4.69, 9.17) is 14.7 Å². The molecule has 0 unspecified atom stereocenters. The standard InChI is InChI=1S/C10H15N3O7S/c1-21(17,18)20-8-5(4-14)19-9(7(8)15)13-3-2-6(11)12-10(13)16/h2-3,5,7-9,14-15H,4H2,1H3,(H2,11,12,16)/t5-,7-,8+,9-/m1/s1. The molecule has 0 radical (unpaired) electrons. The molecular weight excluding hydrogens is 306 g/mol. The van der Waals surface area contributed by atoms with Crippen LogP contribution in [0.3, 0.4) is 0 Å². The highest BCUT2D eigenvalue weighted by atomic mass is 32.2. The van der Waals surface area contributed by atoms with Gasteiger partial charge in [-0.3, -0.25) is 8.75 Å². The highest BCUT2D eigenvalue weighted by Gasteiger charge is 2.47. The highest BCUT2D eigenvalue weighted by molar-refractivity contribution is 7.86. The summed E-state index contributed by atoms with van der Waals surface area (Å²) >= 11 is 0. The fourth-order valence-electron chi connectivity index (χ4n) is 2.04. The van der Waals surface area contributed by atoms with Crippen LogP contribution >= 0.6 is 0 Å². The SMILES string of the molecule is CS(=O)(=O)O[C@@H]1[C@@H](O)[C@H](n2ccc(N)nc2=O)O[C@@H]1CO. The number of hydrogen-bond donors (Lipinski definition) is 3. The van der Waals surface area contributed by atoms with Crippen molar-refractivity contribution in [1.29, 1.82) is 0 Å². The Hall–Kier alpha value is -1.53. The quantitative estimate of drug-likeness (QED) is 0.507. The first kappa shape index (κ1) is 15.9. The van der Waals surface area contributed by atoms with Gasteiger partial charge in [-0.05, 0) is 6.07 Å². The Kier molecular flexibility index (Phi) is 4.30. The Bertz CT molecular complexity index is 673. The van der Waals surface area contributed by atoms with E-state index < -0.39 is 47.0 Å². The zero-order chi connectivity index (χ0) is 15.8. The summed E-state index contributed by atoms with van der Waals surface area (Å²) in [5, 5.41) is 19.3. The fourth-order valence-corrected chi connectivity index (χ4v) is 2.68. The molecule has 0 aromatic carbocycles. The van der Waals surface area contributed by atoms with Gasteiger partial charge >= 0.3 is 5.69 Å². The van der Waals surface area contributed by atoms with Crippen molar-refractivity contribution in [2.75, 3.05) is 18.6 Å². The largest absolute Gasteiger partial charge is 0.394 e. The molecule has 0 amide bonds. The molecule has 4 N–H and O–H groups in total. The van der Waals surface area contributed by atoms with E-state index in [2.05, 4.69) is 4.98 Å². The van der Waals surface area contributed by atoms with E-state index in [9.17, 15) is 23.4 Å². The summed E-state index contributed by atoms with van der Waals surface area (Å²) in [7, 11) is -3.88. The number of nitrogens with two attached hydrogens (primary N) is 1. The Morgan fingerprint density at radius 3 is 2.76 bits per heavy atom. The normalized spacial score (nSPS) is 29.7. The smallest absolute Gasteiger partial charge is 0.351 e. The molecule has 0 spiro atoms.